The number of hydrogen-bond acceptors (Lipinski definition) is 2. The summed E-state index contributed by atoms with van der Waals surface area (Å²) in [6.07, 6.45) is 4.57. The molecule has 1 heterocycles. The SMILES string of the molecule is CCc1nccn1Cc1ccc(F)c(C#CCN)c1. The van der Waals surface area contributed by atoms with Crippen LogP contribution in [0.15, 0.2) is 30.6 Å². The van der Waals surface area contributed by atoms with Gasteiger partial charge >= 0.3 is 0 Å². The lowest BCUT2D eigenvalue weighted by Gasteiger charge is -2.07. The largest absolute Gasteiger partial charge is 0.331 e. The van der Waals surface area contributed by atoms with Crippen LogP contribution in [0.25, 0.3) is 0 Å². The van der Waals surface area contributed by atoms with Crippen molar-refractivity contribution in [3.8, 4) is 11.8 Å². The summed E-state index contributed by atoms with van der Waals surface area (Å²) in [6.45, 7) is 2.95. The van der Waals surface area contributed by atoms with Crippen LogP contribution < -0.4 is 5.73 Å². The molecule has 0 saturated carbocycles. The molecule has 0 bridgehead atoms. The second-order valence-electron chi connectivity index (χ2n) is 4.15. The summed E-state index contributed by atoms with van der Waals surface area (Å²) in [6, 6.07) is 4.97. The van der Waals surface area contributed by atoms with Gasteiger partial charge in [-0.15, -0.1) is 0 Å². The van der Waals surface area contributed by atoms with E-state index in [1.807, 2.05) is 10.8 Å². The second kappa shape index (κ2) is 6.17. The van der Waals surface area contributed by atoms with E-state index < -0.39 is 0 Å². The van der Waals surface area contributed by atoms with Gasteiger partial charge in [0.2, 0.25) is 0 Å². The molecule has 1 aromatic heterocycles. The molecule has 0 spiro atoms. The summed E-state index contributed by atoms with van der Waals surface area (Å²) in [5.41, 5.74) is 6.69. The van der Waals surface area contributed by atoms with E-state index >= 15 is 0 Å². The molecule has 2 rings (SSSR count). The quantitative estimate of drug-likeness (QED) is 0.854. The monoisotopic (exact) mass is 257 g/mol. The molecule has 4 heteroatoms. The molecule has 1 aromatic carbocycles. The number of benzene rings is 1. The summed E-state index contributed by atoms with van der Waals surface area (Å²) in [4.78, 5) is 4.26. The molecule has 3 nitrogen and oxygen atoms in total. The van der Waals surface area contributed by atoms with Crippen molar-refractivity contribution in [1.82, 2.24) is 9.55 Å². The van der Waals surface area contributed by atoms with E-state index in [1.165, 1.54) is 6.07 Å². The highest BCUT2D eigenvalue weighted by Gasteiger charge is 2.04. The molecule has 0 aliphatic heterocycles. The van der Waals surface area contributed by atoms with Crippen molar-refractivity contribution < 1.29 is 4.39 Å². The molecule has 0 aliphatic carbocycles. The standard InChI is InChI=1S/C15H16FN3/c1-2-15-18-8-9-19(15)11-12-5-6-14(16)13(10-12)4-3-7-17/h5-6,8-10H,2,7,11,17H2,1H3. The Kier molecular flexibility index (Phi) is 4.32. The lowest BCUT2D eigenvalue weighted by Crippen LogP contribution is -2.04. The van der Waals surface area contributed by atoms with Gasteiger partial charge in [0.05, 0.1) is 12.1 Å². The number of hydrogen-bond donors (Lipinski definition) is 1. The molecule has 0 radical (unpaired) electrons. The van der Waals surface area contributed by atoms with Crippen LogP contribution in [0, 0.1) is 17.7 Å². The minimum absolute atomic E-state index is 0.227. The van der Waals surface area contributed by atoms with Crippen molar-refractivity contribution in [2.75, 3.05) is 6.54 Å². The highest BCUT2D eigenvalue weighted by molar-refractivity contribution is 5.38. The lowest BCUT2D eigenvalue weighted by molar-refractivity contribution is 0.622. The molecule has 2 N–H and O–H groups in total. The highest BCUT2D eigenvalue weighted by Crippen LogP contribution is 2.12. The normalized spacial score (nSPS) is 10.1. The summed E-state index contributed by atoms with van der Waals surface area (Å²) >= 11 is 0. The van der Waals surface area contributed by atoms with Crippen LogP contribution in [0.2, 0.25) is 0 Å². The zero-order chi connectivity index (χ0) is 13.7. The Morgan fingerprint density at radius 2 is 2.26 bits per heavy atom. The number of aryl methyl sites for hydroxylation is 1. The van der Waals surface area contributed by atoms with Gasteiger partial charge < -0.3 is 10.3 Å². The van der Waals surface area contributed by atoms with Crippen LogP contribution in [0.4, 0.5) is 4.39 Å². The Balaban J connectivity index is 2.26. The van der Waals surface area contributed by atoms with Gasteiger partial charge in [-0.1, -0.05) is 24.8 Å². The van der Waals surface area contributed by atoms with Gasteiger partial charge in [0.25, 0.3) is 0 Å². The van der Waals surface area contributed by atoms with Crippen molar-refractivity contribution in [2.24, 2.45) is 5.73 Å². The van der Waals surface area contributed by atoms with E-state index in [2.05, 4.69) is 23.7 Å². The minimum atomic E-state index is -0.314. The molecule has 0 amide bonds. The van der Waals surface area contributed by atoms with Gasteiger partial charge in [-0.2, -0.15) is 0 Å². The number of halogens is 1. The topological polar surface area (TPSA) is 43.8 Å². The Morgan fingerprint density at radius 1 is 1.42 bits per heavy atom. The predicted octanol–water partition coefficient (Wildman–Crippen LogP) is 1.94. The maximum absolute atomic E-state index is 13.6. The van der Waals surface area contributed by atoms with E-state index in [0.29, 0.717) is 12.1 Å². The van der Waals surface area contributed by atoms with E-state index in [1.54, 1.807) is 18.3 Å². The van der Waals surface area contributed by atoms with Crippen molar-refractivity contribution in [3.63, 3.8) is 0 Å². The lowest BCUT2D eigenvalue weighted by atomic mass is 10.1. The van der Waals surface area contributed by atoms with Crippen molar-refractivity contribution >= 4 is 0 Å². The molecule has 2 aromatic rings. The Bertz CT molecular complexity index is 620. The molecule has 19 heavy (non-hydrogen) atoms. The predicted molar refractivity (Wildman–Crippen MR) is 73.0 cm³/mol. The van der Waals surface area contributed by atoms with Crippen LogP contribution in [0.1, 0.15) is 23.9 Å². The first-order chi connectivity index (χ1) is 9.24. The maximum Gasteiger partial charge on any atom is 0.138 e. The third-order valence-corrected chi connectivity index (χ3v) is 2.83. The maximum atomic E-state index is 13.6. The second-order valence-corrected chi connectivity index (χ2v) is 4.15. The van der Waals surface area contributed by atoms with Crippen molar-refractivity contribution in [1.29, 1.82) is 0 Å². The molecule has 0 unspecified atom stereocenters. The summed E-state index contributed by atoms with van der Waals surface area (Å²) in [5.74, 6) is 6.12. The molecule has 0 fully saturated rings. The molecular weight excluding hydrogens is 241 g/mol. The highest BCUT2D eigenvalue weighted by atomic mass is 19.1. The number of imidazole rings is 1. The number of nitrogens with zero attached hydrogens (tertiary/aromatic N) is 2. The van der Waals surface area contributed by atoms with E-state index in [-0.39, 0.29) is 12.4 Å². The van der Waals surface area contributed by atoms with Crippen LogP contribution in [-0.4, -0.2) is 16.1 Å². The fourth-order valence-electron chi connectivity index (χ4n) is 1.91. The first kappa shape index (κ1) is 13.3. The number of rotatable bonds is 3. The van der Waals surface area contributed by atoms with E-state index in [9.17, 15) is 4.39 Å². The summed E-state index contributed by atoms with van der Waals surface area (Å²) in [7, 11) is 0. The first-order valence-electron chi connectivity index (χ1n) is 6.22. The van der Waals surface area contributed by atoms with Gasteiger partial charge in [-0.3, -0.25) is 0 Å². The van der Waals surface area contributed by atoms with Crippen LogP contribution >= 0.6 is 0 Å². The van der Waals surface area contributed by atoms with Gasteiger partial charge in [0, 0.05) is 25.4 Å². The zero-order valence-corrected chi connectivity index (χ0v) is 10.9. The Hall–Kier alpha value is -2.12. The average molecular weight is 257 g/mol. The average Bonchev–Trinajstić information content (AvgIpc) is 2.86. The van der Waals surface area contributed by atoms with Gasteiger partial charge in [0.1, 0.15) is 11.6 Å². The Labute approximate surface area is 112 Å². The van der Waals surface area contributed by atoms with Crippen LogP contribution in [0.5, 0.6) is 0 Å². The van der Waals surface area contributed by atoms with Crippen molar-refractivity contribution in [3.05, 3.63) is 53.4 Å². The summed E-state index contributed by atoms with van der Waals surface area (Å²) < 4.78 is 15.6. The summed E-state index contributed by atoms with van der Waals surface area (Å²) in [5, 5.41) is 0. The van der Waals surface area contributed by atoms with E-state index in [4.69, 9.17) is 5.73 Å². The van der Waals surface area contributed by atoms with Crippen LogP contribution in [0.3, 0.4) is 0 Å². The number of nitrogens with two attached hydrogens (primary N) is 1. The van der Waals surface area contributed by atoms with Gasteiger partial charge in [0.15, 0.2) is 0 Å². The molecule has 98 valence electrons. The third-order valence-electron chi connectivity index (χ3n) is 2.83. The fourth-order valence-corrected chi connectivity index (χ4v) is 1.91. The van der Waals surface area contributed by atoms with Crippen LogP contribution in [-0.2, 0) is 13.0 Å². The molecule has 0 saturated heterocycles. The molecule has 0 aliphatic rings. The Morgan fingerprint density at radius 3 is 3.00 bits per heavy atom. The minimum Gasteiger partial charge on any atom is -0.331 e. The first-order valence-corrected chi connectivity index (χ1v) is 6.22. The molecule has 0 atom stereocenters. The van der Waals surface area contributed by atoms with Gasteiger partial charge in [-0.25, -0.2) is 9.37 Å². The fraction of sp³-hybridized carbons (Fsp3) is 0.267. The third kappa shape index (κ3) is 3.21. The smallest absolute Gasteiger partial charge is 0.138 e. The zero-order valence-electron chi connectivity index (χ0n) is 10.9. The van der Waals surface area contributed by atoms with E-state index in [0.717, 1.165) is 17.8 Å². The van der Waals surface area contributed by atoms with Gasteiger partial charge in [-0.05, 0) is 17.7 Å². The number of aromatic nitrogens is 2. The van der Waals surface area contributed by atoms with Crippen molar-refractivity contribution in [2.45, 2.75) is 19.9 Å². The molecular formula is C15H16FN3.